The summed E-state index contributed by atoms with van der Waals surface area (Å²) in [6, 6.07) is 14.8. The smallest absolute Gasteiger partial charge is 0.129 e. The van der Waals surface area contributed by atoms with Crippen LogP contribution in [0, 0.1) is 0 Å². The van der Waals surface area contributed by atoms with E-state index in [-0.39, 0.29) is 0 Å². The Balaban J connectivity index is 2.25. The number of pyridine rings is 1. The molecule has 0 fully saturated rings. The minimum atomic E-state index is 0.551. The summed E-state index contributed by atoms with van der Waals surface area (Å²) in [5, 5.41) is 5.54. The topological polar surface area (TPSA) is 12.9 Å². The molecule has 2 aromatic carbocycles. The van der Waals surface area contributed by atoms with Crippen LogP contribution >= 0.6 is 22.9 Å². The lowest BCUT2D eigenvalue weighted by Gasteiger charge is -1.98. The van der Waals surface area contributed by atoms with Gasteiger partial charge in [-0.05, 0) is 29.0 Å². The lowest BCUT2D eigenvalue weighted by Crippen LogP contribution is -1.73. The summed E-state index contributed by atoms with van der Waals surface area (Å²) in [6.45, 7) is 0. The van der Waals surface area contributed by atoms with Gasteiger partial charge >= 0.3 is 0 Å². The molecule has 4 aromatic rings. The maximum atomic E-state index is 5.99. The van der Waals surface area contributed by atoms with Crippen LogP contribution in [-0.2, 0) is 0 Å². The van der Waals surface area contributed by atoms with Gasteiger partial charge in [0.15, 0.2) is 0 Å². The first kappa shape index (κ1) is 10.3. The fourth-order valence-corrected chi connectivity index (χ4v) is 3.59. The van der Waals surface area contributed by atoms with E-state index in [4.69, 9.17) is 11.6 Å². The van der Waals surface area contributed by atoms with Crippen molar-refractivity contribution in [3.63, 3.8) is 0 Å². The lowest BCUT2D eigenvalue weighted by molar-refractivity contribution is 1.37. The van der Waals surface area contributed by atoms with Crippen molar-refractivity contribution >= 4 is 53.9 Å². The van der Waals surface area contributed by atoms with Crippen LogP contribution in [0.15, 0.2) is 48.7 Å². The summed E-state index contributed by atoms with van der Waals surface area (Å²) in [6.07, 6.45) is 1.85. The van der Waals surface area contributed by atoms with Gasteiger partial charge in [-0.1, -0.05) is 35.9 Å². The predicted octanol–water partition coefficient (Wildman–Crippen LogP) is 5.26. The molecule has 0 saturated heterocycles. The Morgan fingerprint density at radius 2 is 1.61 bits per heavy atom. The molecule has 2 aromatic heterocycles. The van der Waals surface area contributed by atoms with Crippen molar-refractivity contribution < 1.29 is 0 Å². The minimum absolute atomic E-state index is 0.551. The number of hydrogen-bond donors (Lipinski definition) is 0. The van der Waals surface area contributed by atoms with Crippen molar-refractivity contribution in [2.24, 2.45) is 0 Å². The van der Waals surface area contributed by atoms with Crippen LogP contribution < -0.4 is 0 Å². The van der Waals surface area contributed by atoms with Gasteiger partial charge in [-0.2, -0.15) is 0 Å². The van der Waals surface area contributed by atoms with Gasteiger partial charge < -0.3 is 0 Å². The maximum Gasteiger partial charge on any atom is 0.129 e. The van der Waals surface area contributed by atoms with E-state index in [0.717, 1.165) is 0 Å². The van der Waals surface area contributed by atoms with Gasteiger partial charge in [-0.3, -0.25) is 0 Å². The molecule has 3 heteroatoms. The fourth-order valence-electron chi connectivity index (χ4n) is 2.34. The van der Waals surface area contributed by atoms with E-state index in [0.29, 0.717) is 5.15 Å². The zero-order valence-electron chi connectivity index (χ0n) is 9.35. The van der Waals surface area contributed by atoms with E-state index in [1.807, 2.05) is 12.3 Å². The lowest BCUT2D eigenvalue weighted by atomic mass is 10.1. The summed E-state index contributed by atoms with van der Waals surface area (Å²) in [4.78, 5) is 4.15. The van der Waals surface area contributed by atoms with Crippen LogP contribution in [0.4, 0.5) is 0 Å². The summed E-state index contributed by atoms with van der Waals surface area (Å²) in [5.41, 5.74) is 0. The highest BCUT2D eigenvalue weighted by atomic mass is 35.5. The van der Waals surface area contributed by atoms with Gasteiger partial charge in [0.1, 0.15) is 5.15 Å². The molecule has 0 saturated carbocycles. The van der Waals surface area contributed by atoms with Crippen molar-refractivity contribution in [2.45, 2.75) is 0 Å². The first-order valence-corrected chi connectivity index (χ1v) is 6.87. The van der Waals surface area contributed by atoms with Crippen molar-refractivity contribution in [1.29, 1.82) is 0 Å². The highest BCUT2D eigenvalue weighted by molar-refractivity contribution is 7.25. The third-order valence-electron chi connectivity index (χ3n) is 3.19. The summed E-state index contributed by atoms with van der Waals surface area (Å²) < 4.78 is 2.47. The molecule has 0 aliphatic carbocycles. The molecule has 4 rings (SSSR count). The van der Waals surface area contributed by atoms with E-state index < -0.39 is 0 Å². The monoisotopic (exact) mass is 269 g/mol. The number of halogens is 1. The zero-order valence-corrected chi connectivity index (χ0v) is 10.9. The fraction of sp³-hybridized carbons (Fsp3) is 0. The molecule has 0 aliphatic heterocycles. The van der Waals surface area contributed by atoms with Crippen LogP contribution in [-0.4, -0.2) is 4.98 Å². The number of rotatable bonds is 0. The maximum absolute atomic E-state index is 5.99. The molecule has 0 N–H and O–H groups in total. The second kappa shape index (κ2) is 3.67. The molecule has 1 nitrogen and oxygen atoms in total. The van der Waals surface area contributed by atoms with Crippen LogP contribution in [0.3, 0.4) is 0 Å². The largest absolute Gasteiger partial charge is 0.243 e. The molecular weight excluding hydrogens is 262 g/mol. The number of fused-ring (bicyclic) bond motifs is 4. The third kappa shape index (κ3) is 1.43. The average molecular weight is 270 g/mol. The third-order valence-corrected chi connectivity index (χ3v) is 4.50. The second-order valence-electron chi connectivity index (χ2n) is 4.30. The van der Waals surface area contributed by atoms with Crippen LogP contribution in [0.2, 0.25) is 5.15 Å². The van der Waals surface area contributed by atoms with Crippen LogP contribution in [0.1, 0.15) is 0 Å². The van der Waals surface area contributed by atoms with E-state index in [2.05, 4.69) is 41.4 Å². The molecule has 0 radical (unpaired) electrons. The molecule has 86 valence electrons. The molecule has 0 amide bonds. The number of benzene rings is 2. The van der Waals surface area contributed by atoms with Gasteiger partial charge in [0.05, 0.1) is 4.70 Å². The Morgan fingerprint density at radius 3 is 2.44 bits per heavy atom. The van der Waals surface area contributed by atoms with E-state index in [1.165, 1.54) is 30.9 Å². The standard InChI is InChI=1S/C15H8ClNS/c16-15-7-12-11-5-9-3-1-2-4-10(9)6-13(11)18-14(12)8-17-15/h1-8H. The van der Waals surface area contributed by atoms with E-state index in [9.17, 15) is 0 Å². The van der Waals surface area contributed by atoms with Gasteiger partial charge in [-0.25, -0.2) is 4.98 Å². The molecule has 0 aliphatic rings. The van der Waals surface area contributed by atoms with Gasteiger partial charge in [-0.15, -0.1) is 11.3 Å². The highest BCUT2D eigenvalue weighted by Crippen LogP contribution is 2.36. The first-order valence-electron chi connectivity index (χ1n) is 5.68. The Morgan fingerprint density at radius 1 is 0.889 bits per heavy atom. The van der Waals surface area contributed by atoms with Crippen molar-refractivity contribution in [3.05, 3.63) is 53.8 Å². The SMILES string of the molecule is Clc1cc2c(cn1)sc1cc3ccccc3cc12. The van der Waals surface area contributed by atoms with Crippen molar-refractivity contribution in [3.8, 4) is 0 Å². The van der Waals surface area contributed by atoms with Gasteiger partial charge in [0, 0.05) is 21.7 Å². The minimum Gasteiger partial charge on any atom is -0.243 e. The van der Waals surface area contributed by atoms with E-state index >= 15 is 0 Å². The molecule has 0 bridgehead atoms. The van der Waals surface area contributed by atoms with Gasteiger partial charge in [0.2, 0.25) is 0 Å². The number of aromatic nitrogens is 1. The number of hydrogen-bond acceptors (Lipinski definition) is 2. The second-order valence-corrected chi connectivity index (χ2v) is 5.77. The van der Waals surface area contributed by atoms with Crippen molar-refractivity contribution in [1.82, 2.24) is 4.98 Å². The summed E-state index contributed by atoms with van der Waals surface area (Å²) in [5.74, 6) is 0. The quantitative estimate of drug-likeness (QED) is 0.397. The Bertz CT molecular complexity index is 895. The highest BCUT2D eigenvalue weighted by Gasteiger charge is 2.07. The molecular formula is C15H8ClNS. The number of nitrogens with zero attached hydrogens (tertiary/aromatic N) is 1. The average Bonchev–Trinajstić information content (AvgIpc) is 2.73. The summed E-state index contributed by atoms with van der Waals surface area (Å²) >= 11 is 7.75. The summed E-state index contributed by atoms with van der Waals surface area (Å²) in [7, 11) is 0. The molecule has 0 atom stereocenters. The van der Waals surface area contributed by atoms with Gasteiger partial charge in [0.25, 0.3) is 0 Å². The molecule has 0 spiro atoms. The predicted molar refractivity (Wildman–Crippen MR) is 79.6 cm³/mol. The Hall–Kier alpha value is -1.64. The Labute approximate surface area is 113 Å². The molecule has 0 unspecified atom stereocenters. The zero-order chi connectivity index (χ0) is 12.1. The van der Waals surface area contributed by atoms with Crippen molar-refractivity contribution in [2.75, 3.05) is 0 Å². The first-order chi connectivity index (χ1) is 8.81. The molecule has 18 heavy (non-hydrogen) atoms. The number of thiophene rings is 1. The van der Waals surface area contributed by atoms with Crippen LogP contribution in [0.25, 0.3) is 30.9 Å². The molecule has 2 heterocycles. The van der Waals surface area contributed by atoms with E-state index in [1.54, 1.807) is 11.3 Å². The Kier molecular flexibility index (Phi) is 2.10. The van der Waals surface area contributed by atoms with Crippen LogP contribution in [0.5, 0.6) is 0 Å². The normalized spacial score (nSPS) is 11.6.